The lowest BCUT2D eigenvalue weighted by atomic mass is 9.43. The minimum Gasteiger partial charge on any atom is -0.390 e. The van der Waals surface area contributed by atoms with Crippen LogP contribution in [0.2, 0.25) is 0 Å². The Labute approximate surface area is 196 Å². The molecule has 190 valence electrons. The fraction of sp³-hybridized carbons (Fsp3) is 0.963. The maximum Gasteiger partial charge on any atom is 0.416 e. The highest BCUT2D eigenvalue weighted by Crippen LogP contribution is 2.68. The van der Waals surface area contributed by atoms with Gasteiger partial charge in [-0.25, -0.2) is 0 Å². The lowest BCUT2D eigenvalue weighted by Gasteiger charge is -2.61. The minimum absolute atomic E-state index is 0.0430. The molecule has 0 radical (unpaired) electrons. The van der Waals surface area contributed by atoms with Crippen LogP contribution in [0.25, 0.3) is 0 Å². The van der Waals surface area contributed by atoms with Gasteiger partial charge in [0.1, 0.15) is 5.78 Å². The molecule has 1 unspecified atom stereocenters. The molecule has 0 aromatic carbocycles. The number of carbonyl (C=O) groups is 1. The Hall–Kier alpha value is -0.620. The summed E-state index contributed by atoms with van der Waals surface area (Å²) in [6.45, 7) is 9.43. The molecule has 0 spiro atoms. The number of hydrogen-bond donors (Lipinski definition) is 2. The number of hydrogen-bond acceptors (Lipinski definition) is 3. The molecule has 4 aliphatic carbocycles. The van der Waals surface area contributed by atoms with Gasteiger partial charge in [0.15, 0.2) is 5.60 Å². The van der Waals surface area contributed by atoms with Crippen molar-refractivity contribution in [2.45, 2.75) is 116 Å². The number of ketones is 1. The first-order valence-electron chi connectivity index (χ1n) is 13.1. The Kier molecular flexibility index (Phi) is 6.13. The molecule has 0 aliphatic heterocycles. The van der Waals surface area contributed by atoms with Gasteiger partial charge in [-0.15, -0.1) is 0 Å². The first kappa shape index (κ1) is 25.5. The van der Waals surface area contributed by atoms with E-state index in [2.05, 4.69) is 20.8 Å². The number of carbonyl (C=O) groups excluding carboxylic acids is 1. The normalized spacial score (nSPS) is 48.4. The summed E-state index contributed by atoms with van der Waals surface area (Å²) in [7, 11) is 0. The number of alkyl halides is 3. The van der Waals surface area contributed by atoms with Gasteiger partial charge in [0.05, 0.1) is 5.60 Å². The van der Waals surface area contributed by atoms with Gasteiger partial charge in [-0.05, 0) is 112 Å². The Morgan fingerprint density at radius 2 is 1.67 bits per heavy atom. The van der Waals surface area contributed by atoms with Crippen LogP contribution in [0.3, 0.4) is 0 Å². The van der Waals surface area contributed by atoms with Gasteiger partial charge in [0.25, 0.3) is 0 Å². The monoisotopic (exact) mass is 472 g/mol. The molecule has 0 bridgehead atoms. The van der Waals surface area contributed by atoms with Crippen molar-refractivity contribution >= 4 is 5.78 Å². The van der Waals surface area contributed by atoms with Crippen LogP contribution in [0.15, 0.2) is 0 Å². The second-order valence-electron chi connectivity index (χ2n) is 13.3. The summed E-state index contributed by atoms with van der Waals surface area (Å²) in [6.07, 6.45) is 2.51. The van der Waals surface area contributed by atoms with E-state index < -0.39 is 17.4 Å². The summed E-state index contributed by atoms with van der Waals surface area (Å²) >= 11 is 0. The molecule has 4 aliphatic rings. The van der Waals surface area contributed by atoms with Crippen LogP contribution < -0.4 is 0 Å². The number of aliphatic hydroxyl groups is 2. The average molecular weight is 473 g/mol. The van der Waals surface area contributed by atoms with E-state index in [1.807, 2.05) is 6.92 Å². The molecule has 0 aromatic heterocycles. The summed E-state index contributed by atoms with van der Waals surface area (Å²) in [5.41, 5.74) is -3.38. The van der Waals surface area contributed by atoms with Crippen molar-refractivity contribution in [2.75, 3.05) is 0 Å². The molecule has 0 saturated heterocycles. The van der Waals surface area contributed by atoms with Gasteiger partial charge in [-0.2, -0.15) is 13.2 Å². The first-order chi connectivity index (χ1) is 15.0. The van der Waals surface area contributed by atoms with E-state index >= 15 is 0 Å². The van der Waals surface area contributed by atoms with Gasteiger partial charge in [0.2, 0.25) is 0 Å². The van der Waals surface area contributed by atoms with Crippen LogP contribution >= 0.6 is 0 Å². The minimum atomic E-state index is -4.61. The van der Waals surface area contributed by atoms with Crippen molar-refractivity contribution in [1.82, 2.24) is 0 Å². The molecule has 33 heavy (non-hydrogen) atoms. The van der Waals surface area contributed by atoms with E-state index in [0.717, 1.165) is 45.4 Å². The first-order valence-corrected chi connectivity index (χ1v) is 13.1. The van der Waals surface area contributed by atoms with E-state index in [1.54, 1.807) is 0 Å². The van der Waals surface area contributed by atoms with Crippen molar-refractivity contribution in [2.24, 2.45) is 46.3 Å². The highest BCUT2D eigenvalue weighted by Gasteiger charge is 2.63. The molecule has 2 N–H and O–H groups in total. The lowest BCUT2D eigenvalue weighted by molar-refractivity contribution is -0.256. The van der Waals surface area contributed by atoms with Crippen molar-refractivity contribution in [1.29, 1.82) is 0 Å². The zero-order chi connectivity index (χ0) is 24.6. The van der Waals surface area contributed by atoms with E-state index in [4.69, 9.17) is 0 Å². The van der Waals surface area contributed by atoms with Crippen molar-refractivity contribution in [3.8, 4) is 0 Å². The van der Waals surface area contributed by atoms with Crippen LogP contribution in [0, 0.1) is 46.3 Å². The third kappa shape index (κ3) is 4.09. The van der Waals surface area contributed by atoms with Crippen LogP contribution in [0.4, 0.5) is 13.2 Å². The van der Waals surface area contributed by atoms with Gasteiger partial charge in [-0.1, -0.05) is 20.8 Å². The number of rotatable bonds is 4. The SMILES string of the molecule is C[C@H](CC[C@](C)(O)C(F)(F)F)[C@H]1CC[C@H]2C3CC(=O)[C@H]4C[C@@](C)(O)CC[C@]4(C)[C@H]3CC[C@]12C. The average Bonchev–Trinajstić information content (AvgIpc) is 3.04. The molecule has 4 fully saturated rings. The highest BCUT2D eigenvalue weighted by molar-refractivity contribution is 5.83. The third-order valence-corrected chi connectivity index (χ3v) is 11.2. The molecular weight excluding hydrogens is 429 g/mol. The predicted molar refractivity (Wildman–Crippen MR) is 121 cm³/mol. The molecule has 6 heteroatoms. The maximum atomic E-state index is 13.3. The summed E-state index contributed by atoms with van der Waals surface area (Å²) in [5.74, 6) is 2.01. The largest absolute Gasteiger partial charge is 0.416 e. The molecular formula is C27H43F3O3. The molecule has 10 atom stereocenters. The molecule has 4 rings (SSSR count). The standard InChI is InChI=1S/C27H43F3O3/c1-16(8-11-26(5,33)27(28,29)30)18-6-7-19-17-14-22(31)21-15-23(2,32)12-13-25(21,4)20(17)9-10-24(18,19)3/h16-21,32-33H,6-15H2,1-5H3/t16-,17?,18-,19+,20+,21-,23+,24-,25-,26+/m1/s1. The summed E-state index contributed by atoms with van der Waals surface area (Å²) < 4.78 is 39.4. The molecule has 0 amide bonds. The Bertz CT molecular complexity index is 775. The van der Waals surface area contributed by atoms with E-state index in [9.17, 15) is 28.2 Å². The quantitative estimate of drug-likeness (QED) is 0.504. The van der Waals surface area contributed by atoms with Crippen LogP contribution in [-0.2, 0) is 4.79 Å². The second kappa shape index (κ2) is 7.94. The fourth-order valence-electron chi connectivity index (χ4n) is 9.01. The maximum absolute atomic E-state index is 13.3. The van der Waals surface area contributed by atoms with Crippen molar-refractivity contribution in [3.63, 3.8) is 0 Å². The zero-order valence-corrected chi connectivity index (χ0v) is 21.0. The number of fused-ring (bicyclic) bond motifs is 5. The summed E-state index contributed by atoms with van der Waals surface area (Å²) in [6, 6.07) is 0. The molecule has 0 aromatic rings. The number of halogens is 3. The highest BCUT2D eigenvalue weighted by atomic mass is 19.4. The van der Waals surface area contributed by atoms with Crippen LogP contribution in [-0.4, -0.2) is 33.4 Å². The second-order valence-corrected chi connectivity index (χ2v) is 13.3. The lowest BCUT2D eigenvalue weighted by Crippen LogP contribution is -2.58. The van der Waals surface area contributed by atoms with Crippen molar-refractivity contribution in [3.05, 3.63) is 0 Å². The smallest absolute Gasteiger partial charge is 0.390 e. The predicted octanol–water partition coefficient (Wildman–Crippen LogP) is 6.30. The Morgan fingerprint density at radius 1 is 1.03 bits per heavy atom. The van der Waals surface area contributed by atoms with Crippen molar-refractivity contribution < 1.29 is 28.2 Å². The van der Waals surface area contributed by atoms with E-state index in [0.29, 0.717) is 48.7 Å². The van der Waals surface area contributed by atoms with E-state index in [-0.39, 0.29) is 29.1 Å². The Morgan fingerprint density at radius 3 is 2.30 bits per heavy atom. The third-order valence-electron chi connectivity index (χ3n) is 11.2. The molecule has 4 saturated carbocycles. The Balaban J connectivity index is 1.50. The van der Waals surface area contributed by atoms with Gasteiger partial charge in [0, 0.05) is 12.3 Å². The molecule has 3 nitrogen and oxygen atoms in total. The van der Waals surface area contributed by atoms with Gasteiger partial charge in [-0.3, -0.25) is 4.79 Å². The van der Waals surface area contributed by atoms with Gasteiger partial charge >= 0.3 is 6.18 Å². The topological polar surface area (TPSA) is 57.5 Å². The van der Waals surface area contributed by atoms with Crippen LogP contribution in [0.5, 0.6) is 0 Å². The zero-order valence-electron chi connectivity index (χ0n) is 21.0. The fourth-order valence-corrected chi connectivity index (χ4v) is 9.01. The summed E-state index contributed by atoms with van der Waals surface area (Å²) in [5, 5.41) is 20.6. The van der Waals surface area contributed by atoms with E-state index in [1.165, 1.54) is 0 Å². The van der Waals surface area contributed by atoms with Crippen LogP contribution in [0.1, 0.15) is 98.8 Å². The number of Topliss-reactive ketones (excluding diaryl/α,β-unsaturated/α-hetero) is 1. The summed E-state index contributed by atoms with van der Waals surface area (Å²) in [4.78, 5) is 13.3. The van der Waals surface area contributed by atoms with Gasteiger partial charge < -0.3 is 10.2 Å². The molecule has 0 heterocycles.